The molecule has 1 aromatic carbocycles. The molecular formula is C18H24FN3O2. The summed E-state index contributed by atoms with van der Waals surface area (Å²) < 4.78 is 14.3. The Morgan fingerprint density at radius 3 is 2.50 bits per heavy atom. The molecule has 1 saturated carbocycles. The van der Waals surface area contributed by atoms with Gasteiger partial charge >= 0.3 is 0 Å². The number of hydrogen-bond acceptors (Lipinski definition) is 3. The first kappa shape index (κ1) is 16.9. The van der Waals surface area contributed by atoms with Crippen molar-refractivity contribution in [2.24, 2.45) is 0 Å². The van der Waals surface area contributed by atoms with Gasteiger partial charge in [-0.05, 0) is 31.7 Å². The largest absolute Gasteiger partial charge is 0.352 e. The maximum Gasteiger partial charge on any atom is 0.234 e. The molecule has 0 spiro atoms. The third-order valence-corrected chi connectivity index (χ3v) is 4.82. The van der Waals surface area contributed by atoms with Gasteiger partial charge in [0.1, 0.15) is 5.82 Å². The number of amides is 2. The predicted octanol–water partition coefficient (Wildman–Crippen LogP) is 1.53. The molecule has 1 aliphatic carbocycles. The van der Waals surface area contributed by atoms with Gasteiger partial charge in [0.05, 0.1) is 12.1 Å². The lowest BCUT2D eigenvalue weighted by Crippen LogP contribution is -2.54. The summed E-state index contributed by atoms with van der Waals surface area (Å²) in [6.07, 6.45) is 3.32. The number of benzene rings is 1. The zero-order chi connectivity index (χ0) is 17.2. The number of carbonyl (C=O) groups excluding carboxylic acids is 2. The molecule has 2 amide bonds. The lowest BCUT2D eigenvalue weighted by atomic mass is 9.80. The molecule has 0 bridgehead atoms. The van der Waals surface area contributed by atoms with E-state index in [1.54, 1.807) is 18.2 Å². The molecule has 0 unspecified atom stereocenters. The molecule has 24 heavy (non-hydrogen) atoms. The minimum atomic E-state index is -0.694. The summed E-state index contributed by atoms with van der Waals surface area (Å²) in [6, 6.07) is 6.96. The van der Waals surface area contributed by atoms with Crippen molar-refractivity contribution < 1.29 is 14.0 Å². The number of halogens is 1. The molecule has 1 aliphatic heterocycles. The SMILES string of the molecule is CC(=O)NC1(c2ccccc2F)CCN(CC(=O)NC2CC2)CC1. The second-order valence-corrected chi connectivity index (χ2v) is 6.86. The Hall–Kier alpha value is -1.95. The summed E-state index contributed by atoms with van der Waals surface area (Å²) in [7, 11) is 0. The van der Waals surface area contributed by atoms with Gasteiger partial charge < -0.3 is 10.6 Å². The minimum Gasteiger partial charge on any atom is -0.352 e. The number of rotatable bonds is 5. The molecule has 0 aromatic heterocycles. The van der Waals surface area contributed by atoms with E-state index in [1.165, 1.54) is 13.0 Å². The summed E-state index contributed by atoms with van der Waals surface area (Å²) in [5.74, 6) is -0.417. The fourth-order valence-electron chi connectivity index (χ4n) is 3.44. The summed E-state index contributed by atoms with van der Waals surface area (Å²) in [5, 5.41) is 5.95. The van der Waals surface area contributed by atoms with Crippen LogP contribution in [0.2, 0.25) is 0 Å². The predicted molar refractivity (Wildman–Crippen MR) is 88.7 cm³/mol. The second kappa shape index (κ2) is 6.89. The Morgan fingerprint density at radius 2 is 1.92 bits per heavy atom. The van der Waals surface area contributed by atoms with Gasteiger partial charge in [-0.2, -0.15) is 0 Å². The number of piperidine rings is 1. The Balaban J connectivity index is 1.67. The fourth-order valence-corrected chi connectivity index (χ4v) is 3.44. The van der Waals surface area contributed by atoms with E-state index in [1.807, 2.05) is 0 Å². The second-order valence-electron chi connectivity index (χ2n) is 6.86. The van der Waals surface area contributed by atoms with Crippen LogP contribution in [0.5, 0.6) is 0 Å². The van der Waals surface area contributed by atoms with Crippen LogP contribution >= 0.6 is 0 Å². The van der Waals surface area contributed by atoms with Crippen LogP contribution in [-0.4, -0.2) is 42.4 Å². The standard InChI is InChI=1S/C18H24FN3O2/c1-13(23)21-18(15-4-2-3-5-16(15)19)8-10-22(11-9-18)12-17(24)20-14-6-7-14/h2-5,14H,6-12H2,1H3,(H,20,24)(H,21,23). The molecule has 0 atom stereocenters. The molecule has 3 rings (SSSR count). The molecule has 1 heterocycles. The molecule has 1 saturated heterocycles. The molecule has 2 aliphatic rings. The van der Waals surface area contributed by atoms with E-state index >= 15 is 0 Å². The van der Waals surface area contributed by atoms with E-state index in [0.717, 1.165) is 12.8 Å². The van der Waals surface area contributed by atoms with Gasteiger partial charge in [0.25, 0.3) is 0 Å². The van der Waals surface area contributed by atoms with E-state index in [-0.39, 0.29) is 17.6 Å². The number of likely N-dealkylation sites (tertiary alicyclic amines) is 1. The summed E-state index contributed by atoms with van der Waals surface area (Å²) in [5.41, 5.74) is -0.164. The topological polar surface area (TPSA) is 61.4 Å². The van der Waals surface area contributed by atoms with Crippen LogP contribution in [-0.2, 0) is 15.1 Å². The number of nitrogens with one attached hydrogen (secondary N) is 2. The molecular weight excluding hydrogens is 309 g/mol. The first-order chi connectivity index (χ1) is 11.5. The van der Waals surface area contributed by atoms with Crippen LogP contribution < -0.4 is 10.6 Å². The number of nitrogens with zero attached hydrogens (tertiary/aromatic N) is 1. The van der Waals surface area contributed by atoms with Crippen molar-refractivity contribution in [3.05, 3.63) is 35.6 Å². The van der Waals surface area contributed by atoms with Gasteiger partial charge in [0.15, 0.2) is 0 Å². The molecule has 6 heteroatoms. The minimum absolute atomic E-state index is 0.0513. The first-order valence-electron chi connectivity index (χ1n) is 8.54. The van der Waals surface area contributed by atoms with Gasteiger partial charge in [0.2, 0.25) is 11.8 Å². The highest BCUT2D eigenvalue weighted by molar-refractivity contribution is 5.78. The highest BCUT2D eigenvalue weighted by Crippen LogP contribution is 2.34. The van der Waals surface area contributed by atoms with Gasteiger partial charge in [-0.25, -0.2) is 4.39 Å². The quantitative estimate of drug-likeness (QED) is 0.859. The molecule has 2 fully saturated rings. The zero-order valence-electron chi connectivity index (χ0n) is 14.0. The van der Waals surface area contributed by atoms with E-state index in [4.69, 9.17) is 0 Å². The molecule has 2 N–H and O–H groups in total. The Bertz CT molecular complexity index is 622. The third-order valence-electron chi connectivity index (χ3n) is 4.82. The monoisotopic (exact) mass is 333 g/mol. The smallest absolute Gasteiger partial charge is 0.234 e. The van der Waals surface area contributed by atoms with Crippen LogP contribution in [0.4, 0.5) is 4.39 Å². The van der Waals surface area contributed by atoms with Crippen molar-refractivity contribution in [3.8, 4) is 0 Å². The Labute approximate surface area is 141 Å². The van der Waals surface area contributed by atoms with Gasteiger partial charge in [-0.15, -0.1) is 0 Å². The van der Waals surface area contributed by atoms with Crippen molar-refractivity contribution in [2.75, 3.05) is 19.6 Å². The van der Waals surface area contributed by atoms with Crippen LogP contribution in [0, 0.1) is 5.82 Å². The van der Waals surface area contributed by atoms with Crippen molar-refractivity contribution in [3.63, 3.8) is 0 Å². The van der Waals surface area contributed by atoms with Crippen molar-refractivity contribution in [2.45, 2.75) is 44.2 Å². The van der Waals surface area contributed by atoms with E-state index in [9.17, 15) is 14.0 Å². The van der Waals surface area contributed by atoms with Crippen molar-refractivity contribution in [1.82, 2.24) is 15.5 Å². The summed E-state index contributed by atoms with van der Waals surface area (Å²) >= 11 is 0. The fraction of sp³-hybridized carbons (Fsp3) is 0.556. The van der Waals surface area contributed by atoms with E-state index < -0.39 is 5.54 Å². The van der Waals surface area contributed by atoms with Crippen molar-refractivity contribution in [1.29, 1.82) is 0 Å². The van der Waals surface area contributed by atoms with Crippen LogP contribution in [0.3, 0.4) is 0 Å². The maximum absolute atomic E-state index is 14.3. The number of hydrogen-bond donors (Lipinski definition) is 2. The maximum atomic E-state index is 14.3. The van der Waals surface area contributed by atoms with Crippen LogP contribution in [0.1, 0.15) is 38.2 Å². The molecule has 1 aromatic rings. The highest BCUT2D eigenvalue weighted by Gasteiger charge is 2.39. The van der Waals surface area contributed by atoms with Gasteiger partial charge in [0, 0.05) is 31.6 Å². The third kappa shape index (κ3) is 3.93. The average molecular weight is 333 g/mol. The summed E-state index contributed by atoms with van der Waals surface area (Å²) in [6.45, 7) is 3.11. The Kier molecular flexibility index (Phi) is 4.85. The average Bonchev–Trinajstić information content (AvgIpc) is 3.33. The normalized spacial score (nSPS) is 20.4. The highest BCUT2D eigenvalue weighted by atomic mass is 19.1. The van der Waals surface area contributed by atoms with E-state index in [0.29, 0.717) is 44.1 Å². The van der Waals surface area contributed by atoms with Crippen molar-refractivity contribution >= 4 is 11.8 Å². The first-order valence-corrected chi connectivity index (χ1v) is 8.54. The lowest BCUT2D eigenvalue weighted by Gasteiger charge is -2.42. The molecule has 0 radical (unpaired) electrons. The Morgan fingerprint density at radius 1 is 1.25 bits per heavy atom. The number of carbonyl (C=O) groups is 2. The van der Waals surface area contributed by atoms with Crippen LogP contribution in [0.25, 0.3) is 0 Å². The van der Waals surface area contributed by atoms with Gasteiger partial charge in [-0.3, -0.25) is 14.5 Å². The molecule has 130 valence electrons. The van der Waals surface area contributed by atoms with Gasteiger partial charge in [-0.1, -0.05) is 18.2 Å². The zero-order valence-corrected chi connectivity index (χ0v) is 14.0. The molecule has 5 nitrogen and oxygen atoms in total. The van der Waals surface area contributed by atoms with E-state index in [2.05, 4.69) is 15.5 Å². The lowest BCUT2D eigenvalue weighted by molar-refractivity contribution is -0.124. The van der Waals surface area contributed by atoms with Crippen LogP contribution in [0.15, 0.2) is 24.3 Å². The summed E-state index contributed by atoms with van der Waals surface area (Å²) in [4.78, 5) is 25.7.